The Kier molecular flexibility index (Phi) is 4.97. The molecular weight excluding hydrogens is 333 g/mol. The first-order valence-electron chi connectivity index (χ1n) is 8.18. The quantitative estimate of drug-likeness (QED) is 0.717. The number of aryl methyl sites for hydroxylation is 2. The lowest BCUT2D eigenvalue weighted by Gasteiger charge is -2.06. The van der Waals surface area contributed by atoms with E-state index in [1.807, 2.05) is 27.1 Å². The second-order valence-electron chi connectivity index (χ2n) is 6.10. The van der Waals surface area contributed by atoms with E-state index in [0.717, 1.165) is 22.5 Å². The van der Waals surface area contributed by atoms with Gasteiger partial charge in [0.2, 0.25) is 5.91 Å². The van der Waals surface area contributed by atoms with Crippen molar-refractivity contribution in [1.82, 2.24) is 19.6 Å². The fourth-order valence-corrected chi connectivity index (χ4v) is 2.66. The SMILES string of the molecule is Cc1nn(Cc2ccc(F)cc2)c(C)c1NC(=O)C=Cc1cnn(C)c1. The van der Waals surface area contributed by atoms with E-state index < -0.39 is 0 Å². The van der Waals surface area contributed by atoms with Crippen molar-refractivity contribution in [1.29, 1.82) is 0 Å². The molecule has 7 heteroatoms. The molecule has 0 fully saturated rings. The number of nitrogens with one attached hydrogen (secondary N) is 1. The monoisotopic (exact) mass is 353 g/mol. The van der Waals surface area contributed by atoms with Crippen LogP contribution in [0.15, 0.2) is 42.7 Å². The predicted octanol–water partition coefficient (Wildman–Crippen LogP) is 3.07. The summed E-state index contributed by atoms with van der Waals surface area (Å²) < 4.78 is 16.5. The van der Waals surface area contributed by atoms with Crippen LogP contribution in [0.4, 0.5) is 10.1 Å². The van der Waals surface area contributed by atoms with E-state index in [9.17, 15) is 9.18 Å². The molecule has 0 aliphatic heterocycles. The van der Waals surface area contributed by atoms with Gasteiger partial charge < -0.3 is 5.32 Å². The summed E-state index contributed by atoms with van der Waals surface area (Å²) in [5.74, 6) is -0.503. The van der Waals surface area contributed by atoms with Gasteiger partial charge in [0.25, 0.3) is 0 Å². The first kappa shape index (κ1) is 17.6. The van der Waals surface area contributed by atoms with Gasteiger partial charge in [-0.25, -0.2) is 4.39 Å². The molecule has 1 amide bonds. The van der Waals surface area contributed by atoms with Crippen molar-refractivity contribution in [3.05, 3.63) is 71.1 Å². The number of carbonyl (C=O) groups is 1. The lowest BCUT2D eigenvalue weighted by Crippen LogP contribution is -2.10. The topological polar surface area (TPSA) is 64.7 Å². The molecule has 0 saturated heterocycles. The van der Waals surface area contributed by atoms with Gasteiger partial charge in [0, 0.05) is 24.9 Å². The summed E-state index contributed by atoms with van der Waals surface area (Å²) in [7, 11) is 1.82. The van der Waals surface area contributed by atoms with E-state index in [1.165, 1.54) is 18.2 Å². The number of aromatic nitrogens is 4. The molecule has 0 unspecified atom stereocenters. The Morgan fingerprint density at radius 3 is 2.65 bits per heavy atom. The Morgan fingerprint density at radius 1 is 1.27 bits per heavy atom. The van der Waals surface area contributed by atoms with Crippen LogP contribution in [0.2, 0.25) is 0 Å². The fraction of sp³-hybridized carbons (Fsp3) is 0.211. The summed E-state index contributed by atoms with van der Waals surface area (Å²) in [5.41, 5.74) is 4.05. The molecule has 0 aliphatic rings. The molecule has 0 radical (unpaired) electrons. The minimum Gasteiger partial charge on any atom is -0.319 e. The van der Waals surface area contributed by atoms with Crippen molar-refractivity contribution in [3.63, 3.8) is 0 Å². The molecule has 0 bridgehead atoms. The molecule has 134 valence electrons. The zero-order chi connectivity index (χ0) is 18.7. The van der Waals surface area contributed by atoms with Crippen LogP contribution in [0.3, 0.4) is 0 Å². The number of halogens is 1. The van der Waals surface area contributed by atoms with E-state index >= 15 is 0 Å². The van der Waals surface area contributed by atoms with Gasteiger partial charge in [-0.3, -0.25) is 14.2 Å². The molecular formula is C19H20FN5O. The highest BCUT2D eigenvalue weighted by Crippen LogP contribution is 2.20. The van der Waals surface area contributed by atoms with Crippen molar-refractivity contribution in [2.45, 2.75) is 20.4 Å². The summed E-state index contributed by atoms with van der Waals surface area (Å²) in [5, 5.41) is 11.4. The second-order valence-corrected chi connectivity index (χ2v) is 6.10. The normalized spacial score (nSPS) is 11.2. The molecule has 1 N–H and O–H groups in total. The summed E-state index contributed by atoms with van der Waals surface area (Å²) in [6.07, 6.45) is 6.67. The van der Waals surface area contributed by atoms with Gasteiger partial charge in [0.1, 0.15) is 5.82 Å². The van der Waals surface area contributed by atoms with Gasteiger partial charge in [0.05, 0.1) is 29.8 Å². The van der Waals surface area contributed by atoms with Crippen molar-refractivity contribution in [3.8, 4) is 0 Å². The Bertz CT molecular complexity index is 953. The van der Waals surface area contributed by atoms with Crippen molar-refractivity contribution in [2.24, 2.45) is 7.05 Å². The Hall–Kier alpha value is -3.22. The Labute approximate surface area is 151 Å². The Morgan fingerprint density at radius 2 is 2.00 bits per heavy atom. The van der Waals surface area contributed by atoms with E-state index in [-0.39, 0.29) is 11.7 Å². The van der Waals surface area contributed by atoms with Crippen LogP contribution >= 0.6 is 0 Å². The van der Waals surface area contributed by atoms with Crippen molar-refractivity contribution < 1.29 is 9.18 Å². The third kappa shape index (κ3) is 4.05. The van der Waals surface area contributed by atoms with Gasteiger partial charge in [-0.1, -0.05) is 12.1 Å². The number of amides is 1. The summed E-state index contributed by atoms with van der Waals surface area (Å²) in [6.45, 7) is 4.24. The largest absolute Gasteiger partial charge is 0.319 e. The number of nitrogens with zero attached hydrogens (tertiary/aromatic N) is 4. The fourth-order valence-electron chi connectivity index (χ4n) is 2.66. The number of hydrogen-bond acceptors (Lipinski definition) is 3. The second kappa shape index (κ2) is 7.35. The highest BCUT2D eigenvalue weighted by molar-refractivity contribution is 6.02. The highest BCUT2D eigenvalue weighted by atomic mass is 19.1. The van der Waals surface area contributed by atoms with Gasteiger partial charge in [-0.2, -0.15) is 10.2 Å². The van der Waals surface area contributed by atoms with Gasteiger partial charge in [-0.05, 0) is 37.6 Å². The van der Waals surface area contributed by atoms with Gasteiger partial charge >= 0.3 is 0 Å². The minimum absolute atomic E-state index is 0.235. The zero-order valence-electron chi connectivity index (χ0n) is 14.9. The zero-order valence-corrected chi connectivity index (χ0v) is 14.9. The molecule has 0 atom stereocenters. The lowest BCUT2D eigenvalue weighted by molar-refractivity contribution is -0.111. The molecule has 0 saturated carbocycles. The molecule has 6 nitrogen and oxygen atoms in total. The van der Waals surface area contributed by atoms with E-state index in [2.05, 4.69) is 15.5 Å². The van der Waals surface area contributed by atoms with E-state index in [1.54, 1.807) is 33.8 Å². The molecule has 2 heterocycles. The van der Waals surface area contributed by atoms with Crippen LogP contribution in [-0.2, 0) is 18.4 Å². The number of rotatable bonds is 5. The van der Waals surface area contributed by atoms with Crippen LogP contribution in [0.5, 0.6) is 0 Å². The third-order valence-electron chi connectivity index (χ3n) is 4.03. The first-order chi connectivity index (χ1) is 12.4. The maximum atomic E-state index is 13.0. The maximum Gasteiger partial charge on any atom is 0.248 e. The Balaban J connectivity index is 1.72. The van der Waals surface area contributed by atoms with Crippen LogP contribution in [0, 0.1) is 19.7 Å². The van der Waals surface area contributed by atoms with Crippen molar-refractivity contribution >= 4 is 17.7 Å². The molecule has 0 aliphatic carbocycles. The molecule has 2 aromatic heterocycles. The van der Waals surface area contributed by atoms with Gasteiger partial charge in [0.15, 0.2) is 0 Å². The number of anilines is 1. The van der Waals surface area contributed by atoms with Crippen LogP contribution in [0.1, 0.15) is 22.5 Å². The lowest BCUT2D eigenvalue weighted by atomic mass is 10.2. The average molecular weight is 353 g/mol. The predicted molar refractivity (Wildman–Crippen MR) is 98.1 cm³/mol. The molecule has 3 aromatic rings. The molecule has 3 rings (SSSR count). The van der Waals surface area contributed by atoms with Gasteiger partial charge in [-0.15, -0.1) is 0 Å². The number of benzene rings is 1. The van der Waals surface area contributed by atoms with E-state index in [0.29, 0.717) is 12.2 Å². The van der Waals surface area contributed by atoms with Crippen LogP contribution in [-0.4, -0.2) is 25.5 Å². The molecule has 26 heavy (non-hydrogen) atoms. The summed E-state index contributed by atoms with van der Waals surface area (Å²) >= 11 is 0. The van der Waals surface area contributed by atoms with E-state index in [4.69, 9.17) is 0 Å². The summed E-state index contributed by atoms with van der Waals surface area (Å²) in [6, 6.07) is 6.29. The third-order valence-corrected chi connectivity index (χ3v) is 4.03. The smallest absolute Gasteiger partial charge is 0.248 e. The highest BCUT2D eigenvalue weighted by Gasteiger charge is 2.13. The average Bonchev–Trinajstić information content (AvgIpc) is 3.13. The maximum absolute atomic E-state index is 13.0. The summed E-state index contributed by atoms with van der Waals surface area (Å²) in [4.78, 5) is 12.2. The molecule has 1 aromatic carbocycles. The first-order valence-corrected chi connectivity index (χ1v) is 8.18. The molecule has 0 spiro atoms. The standard InChI is InChI=1S/C19H20FN5O/c1-13-19(22-18(26)9-6-16-10-21-24(3)11-16)14(2)25(23-13)12-15-4-7-17(20)8-5-15/h4-11H,12H2,1-3H3,(H,22,26). The minimum atomic E-state index is -0.268. The van der Waals surface area contributed by atoms with Crippen molar-refractivity contribution in [2.75, 3.05) is 5.32 Å². The number of carbonyl (C=O) groups excluding carboxylic acids is 1. The van der Waals surface area contributed by atoms with Crippen LogP contribution < -0.4 is 5.32 Å². The number of hydrogen-bond donors (Lipinski definition) is 1. The van der Waals surface area contributed by atoms with Crippen LogP contribution in [0.25, 0.3) is 6.08 Å².